The van der Waals surface area contributed by atoms with Gasteiger partial charge in [0.2, 0.25) is 0 Å². The minimum atomic E-state index is -1.06. The van der Waals surface area contributed by atoms with Crippen LogP contribution in [0.25, 0.3) is 0 Å². The minimum Gasteiger partial charge on any atom is -0.451 e. The summed E-state index contributed by atoms with van der Waals surface area (Å²) in [6.45, 7) is 2.49. The number of ketones is 1. The van der Waals surface area contributed by atoms with Gasteiger partial charge in [0.25, 0.3) is 11.8 Å². The Morgan fingerprint density at radius 2 is 1.63 bits per heavy atom. The normalized spacial score (nSPS) is 11.2. The lowest BCUT2D eigenvalue weighted by atomic mass is 10.1. The molecule has 0 aliphatic carbocycles. The molecule has 2 rings (SSSR count). The highest BCUT2D eigenvalue weighted by atomic mass is 16.5. The summed E-state index contributed by atoms with van der Waals surface area (Å²) in [5.41, 5.74) is 1.30. The fourth-order valence-corrected chi connectivity index (χ4v) is 2.20. The number of nitrogens with one attached hydrogen (secondary N) is 2. The second kappa shape index (κ2) is 9.28. The Kier molecular flexibility index (Phi) is 6.82. The number of amides is 2. The zero-order valence-corrected chi connectivity index (χ0v) is 15.0. The highest BCUT2D eigenvalue weighted by Gasteiger charge is 2.18. The van der Waals surface area contributed by atoms with E-state index in [0.29, 0.717) is 16.8 Å². The van der Waals surface area contributed by atoms with Crippen LogP contribution < -0.4 is 10.6 Å². The zero-order valence-electron chi connectivity index (χ0n) is 15.0. The van der Waals surface area contributed by atoms with E-state index < -0.39 is 23.9 Å². The van der Waals surface area contributed by atoms with Gasteiger partial charge in [0.1, 0.15) is 6.54 Å². The molecule has 140 valence electrons. The molecule has 0 saturated heterocycles. The van der Waals surface area contributed by atoms with Gasteiger partial charge in [-0.2, -0.15) is 0 Å². The van der Waals surface area contributed by atoms with Gasteiger partial charge in [0.15, 0.2) is 11.9 Å². The molecular weight excluding hydrogens is 348 g/mol. The number of Topliss-reactive ketones (excluding diaryl/α,β-unsaturated/α-hetero) is 1. The first kappa shape index (κ1) is 19.8. The van der Waals surface area contributed by atoms with Gasteiger partial charge < -0.3 is 15.4 Å². The summed E-state index contributed by atoms with van der Waals surface area (Å²) in [6, 6.07) is 14.9. The van der Waals surface area contributed by atoms with E-state index in [1.165, 1.54) is 19.9 Å². The number of hydrogen-bond donors (Lipinski definition) is 2. The van der Waals surface area contributed by atoms with Crippen LogP contribution in [0.4, 0.5) is 5.69 Å². The van der Waals surface area contributed by atoms with Gasteiger partial charge in [-0.15, -0.1) is 0 Å². The van der Waals surface area contributed by atoms with Crippen LogP contribution in [0.3, 0.4) is 0 Å². The molecule has 7 nitrogen and oxygen atoms in total. The SMILES string of the molecule is CC(=O)c1cccc(NC(=O)C(C)OC(=O)CNC(=O)c2ccccc2)c1. The Morgan fingerprint density at radius 3 is 2.30 bits per heavy atom. The molecule has 0 spiro atoms. The quantitative estimate of drug-likeness (QED) is 0.576. The first-order valence-electron chi connectivity index (χ1n) is 8.31. The molecule has 0 fully saturated rings. The number of ether oxygens (including phenoxy) is 1. The van der Waals surface area contributed by atoms with Crippen molar-refractivity contribution in [1.29, 1.82) is 0 Å². The largest absolute Gasteiger partial charge is 0.451 e. The summed E-state index contributed by atoms with van der Waals surface area (Å²) in [7, 11) is 0. The molecule has 0 aliphatic heterocycles. The molecular formula is C20H20N2O5. The highest BCUT2D eigenvalue weighted by Crippen LogP contribution is 2.12. The minimum absolute atomic E-state index is 0.125. The maximum absolute atomic E-state index is 12.1. The summed E-state index contributed by atoms with van der Waals surface area (Å²) in [5.74, 6) is -1.82. The van der Waals surface area contributed by atoms with Crippen LogP contribution in [0, 0.1) is 0 Å². The fraction of sp³-hybridized carbons (Fsp3) is 0.200. The third kappa shape index (κ3) is 6.07. The monoisotopic (exact) mass is 368 g/mol. The number of anilines is 1. The fourth-order valence-electron chi connectivity index (χ4n) is 2.20. The first-order valence-corrected chi connectivity index (χ1v) is 8.31. The Hall–Kier alpha value is -3.48. The molecule has 1 atom stereocenters. The van der Waals surface area contributed by atoms with Crippen molar-refractivity contribution >= 4 is 29.3 Å². The van der Waals surface area contributed by atoms with Crippen molar-refractivity contribution < 1.29 is 23.9 Å². The van der Waals surface area contributed by atoms with Crippen molar-refractivity contribution in [2.24, 2.45) is 0 Å². The average Bonchev–Trinajstić information content (AvgIpc) is 2.66. The summed E-state index contributed by atoms with van der Waals surface area (Å²) >= 11 is 0. The summed E-state index contributed by atoms with van der Waals surface area (Å²) in [5, 5.41) is 5.01. The molecule has 0 aliphatic rings. The lowest BCUT2D eigenvalue weighted by molar-refractivity contribution is -0.152. The molecule has 0 radical (unpaired) electrons. The molecule has 1 unspecified atom stereocenters. The van der Waals surface area contributed by atoms with Gasteiger partial charge in [0, 0.05) is 16.8 Å². The maximum atomic E-state index is 12.1. The Balaban J connectivity index is 1.83. The van der Waals surface area contributed by atoms with Crippen LogP contribution in [0.1, 0.15) is 34.6 Å². The third-order valence-corrected chi connectivity index (χ3v) is 3.64. The molecule has 0 saturated carbocycles. The number of carbonyl (C=O) groups is 4. The summed E-state index contributed by atoms with van der Waals surface area (Å²) in [6.07, 6.45) is -1.06. The maximum Gasteiger partial charge on any atom is 0.326 e. The molecule has 2 amide bonds. The Labute approximate surface area is 156 Å². The molecule has 7 heteroatoms. The van der Waals surface area contributed by atoms with Crippen LogP contribution in [-0.4, -0.2) is 36.2 Å². The number of rotatable bonds is 7. The van der Waals surface area contributed by atoms with Gasteiger partial charge in [-0.1, -0.05) is 30.3 Å². The predicted molar refractivity (Wildman–Crippen MR) is 99.4 cm³/mol. The van der Waals surface area contributed by atoms with E-state index in [-0.39, 0.29) is 12.3 Å². The van der Waals surface area contributed by atoms with Crippen molar-refractivity contribution in [2.45, 2.75) is 20.0 Å². The Bertz CT molecular complexity index is 848. The first-order chi connectivity index (χ1) is 12.9. The lowest BCUT2D eigenvalue weighted by Gasteiger charge is -2.14. The van der Waals surface area contributed by atoms with Crippen molar-refractivity contribution in [3.05, 3.63) is 65.7 Å². The molecule has 0 heterocycles. The van der Waals surface area contributed by atoms with Crippen LogP contribution >= 0.6 is 0 Å². The number of esters is 1. The van der Waals surface area contributed by atoms with E-state index in [1.807, 2.05) is 0 Å². The number of carbonyl (C=O) groups excluding carboxylic acids is 4. The van der Waals surface area contributed by atoms with E-state index in [9.17, 15) is 19.2 Å². The van der Waals surface area contributed by atoms with E-state index >= 15 is 0 Å². The zero-order chi connectivity index (χ0) is 19.8. The molecule has 27 heavy (non-hydrogen) atoms. The van der Waals surface area contributed by atoms with E-state index in [0.717, 1.165) is 0 Å². The van der Waals surface area contributed by atoms with Crippen molar-refractivity contribution in [2.75, 3.05) is 11.9 Å². The van der Waals surface area contributed by atoms with Crippen LogP contribution in [0.5, 0.6) is 0 Å². The van der Waals surface area contributed by atoms with Crippen molar-refractivity contribution in [3.63, 3.8) is 0 Å². The van der Waals surface area contributed by atoms with E-state index in [1.54, 1.807) is 48.5 Å². The smallest absolute Gasteiger partial charge is 0.326 e. The lowest BCUT2D eigenvalue weighted by Crippen LogP contribution is -2.35. The molecule has 2 aromatic carbocycles. The van der Waals surface area contributed by atoms with Crippen LogP contribution in [0.2, 0.25) is 0 Å². The molecule has 2 N–H and O–H groups in total. The second-order valence-electron chi connectivity index (χ2n) is 5.81. The van der Waals surface area contributed by atoms with Gasteiger partial charge >= 0.3 is 5.97 Å². The van der Waals surface area contributed by atoms with E-state index in [2.05, 4.69) is 10.6 Å². The number of hydrogen-bond acceptors (Lipinski definition) is 5. The number of benzene rings is 2. The third-order valence-electron chi connectivity index (χ3n) is 3.64. The van der Waals surface area contributed by atoms with Crippen molar-refractivity contribution in [1.82, 2.24) is 5.32 Å². The van der Waals surface area contributed by atoms with Gasteiger partial charge in [-0.05, 0) is 38.1 Å². The van der Waals surface area contributed by atoms with Crippen LogP contribution in [0.15, 0.2) is 54.6 Å². The highest BCUT2D eigenvalue weighted by molar-refractivity contribution is 5.99. The molecule has 2 aromatic rings. The summed E-state index contributed by atoms with van der Waals surface area (Å²) in [4.78, 5) is 47.2. The predicted octanol–water partition coefficient (Wildman–Crippen LogP) is 2.19. The standard InChI is InChI=1S/C20H20N2O5/c1-13(23)16-9-6-10-17(11-16)22-19(25)14(2)27-18(24)12-21-20(26)15-7-4-3-5-8-15/h3-11,14H,12H2,1-2H3,(H,21,26)(H,22,25). The molecule has 0 bridgehead atoms. The van der Waals surface area contributed by atoms with Gasteiger partial charge in [-0.25, -0.2) is 0 Å². The van der Waals surface area contributed by atoms with Gasteiger partial charge in [-0.3, -0.25) is 19.2 Å². The van der Waals surface area contributed by atoms with Crippen molar-refractivity contribution in [3.8, 4) is 0 Å². The topological polar surface area (TPSA) is 102 Å². The van der Waals surface area contributed by atoms with E-state index in [4.69, 9.17) is 4.74 Å². The van der Waals surface area contributed by atoms with Gasteiger partial charge in [0.05, 0.1) is 0 Å². The van der Waals surface area contributed by atoms with Crippen LogP contribution in [-0.2, 0) is 14.3 Å². The second-order valence-corrected chi connectivity index (χ2v) is 5.81. The average molecular weight is 368 g/mol. The summed E-state index contributed by atoms with van der Waals surface area (Å²) < 4.78 is 5.02. The molecule has 0 aromatic heterocycles. The Morgan fingerprint density at radius 1 is 0.963 bits per heavy atom.